The van der Waals surface area contributed by atoms with Crippen molar-refractivity contribution < 1.29 is 23.9 Å². The maximum atomic E-state index is 12.5. The highest BCUT2D eigenvalue weighted by molar-refractivity contribution is 6.06. The Kier molecular flexibility index (Phi) is 4.13. The van der Waals surface area contributed by atoms with Crippen molar-refractivity contribution in [3.8, 4) is 0 Å². The van der Waals surface area contributed by atoms with Gasteiger partial charge in [0, 0.05) is 42.2 Å². The summed E-state index contributed by atoms with van der Waals surface area (Å²) in [6.45, 7) is 3.85. The molecule has 1 heterocycles. The van der Waals surface area contributed by atoms with Crippen LogP contribution in [0.15, 0.2) is 22.7 Å². The van der Waals surface area contributed by atoms with Crippen LogP contribution in [0.5, 0.6) is 0 Å². The fourth-order valence-corrected chi connectivity index (χ4v) is 4.02. The van der Waals surface area contributed by atoms with Crippen molar-refractivity contribution in [3.63, 3.8) is 0 Å². The van der Waals surface area contributed by atoms with Crippen LogP contribution in [0.3, 0.4) is 0 Å². The zero-order valence-corrected chi connectivity index (χ0v) is 13.7. The lowest BCUT2D eigenvalue weighted by Gasteiger charge is -2.42. The molecule has 0 aromatic rings. The number of esters is 1. The first kappa shape index (κ1) is 16.0. The van der Waals surface area contributed by atoms with E-state index in [-0.39, 0.29) is 30.6 Å². The van der Waals surface area contributed by atoms with Gasteiger partial charge < -0.3 is 9.47 Å². The third-order valence-corrected chi connectivity index (χ3v) is 4.88. The molecule has 0 N–H and O–H groups in total. The number of carbonyl (C=O) groups excluding carboxylic acids is 3. The molecular weight excluding hydrogens is 296 g/mol. The minimum absolute atomic E-state index is 0.0111. The van der Waals surface area contributed by atoms with Crippen LogP contribution in [-0.4, -0.2) is 24.1 Å². The Hall–Kier alpha value is -1.91. The summed E-state index contributed by atoms with van der Waals surface area (Å²) in [6.07, 6.45) is 3.77. The van der Waals surface area contributed by atoms with Gasteiger partial charge in [-0.1, -0.05) is 6.92 Å². The average molecular weight is 318 g/mol. The normalized spacial score (nSPS) is 23.2. The monoisotopic (exact) mass is 318 g/mol. The Morgan fingerprint density at radius 3 is 2.04 bits per heavy atom. The molecule has 2 aliphatic carbocycles. The zero-order chi connectivity index (χ0) is 16.6. The second-order valence-corrected chi connectivity index (χ2v) is 6.57. The van der Waals surface area contributed by atoms with Gasteiger partial charge in [0.1, 0.15) is 11.5 Å². The molecule has 0 saturated heterocycles. The molecule has 0 atom stereocenters. The van der Waals surface area contributed by atoms with Gasteiger partial charge in [0.05, 0.1) is 13.0 Å². The van der Waals surface area contributed by atoms with Gasteiger partial charge in [0.15, 0.2) is 11.6 Å². The van der Waals surface area contributed by atoms with E-state index in [2.05, 4.69) is 0 Å². The van der Waals surface area contributed by atoms with E-state index < -0.39 is 5.41 Å². The van der Waals surface area contributed by atoms with E-state index in [0.29, 0.717) is 48.3 Å². The van der Waals surface area contributed by atoms with E-state index in [1.54, 1.807) is 6.92 Å². The van der Waals surface area contributed by atoms with Crippen LogP contribution in [0.2, 0.25) is 0 Å². The molecule has 0 fully saturated rings. The molecule has 0 aromatic carbocycles. The quantitative estimate of drug-likeness (QED) is 0.748. The molecule has 5 nitrogen and oxygen atoms in total. The molecule has 0 amide bonds. The molecule has 0 radical (unpaired) electrons. The highest BCUT2D eigenvalue weighted by Gasteiger charge is 2.50. The summed E-state index contributed by atoms with van der Waals surface area (Å²) in [7, 11) is 0. The summed E-state index contributed by atoms with van der Waals surface area (Å²) in [4.78, 5) is 37.2. The van der Waals surface area contributed by atoms with Gasteiger partial charge in [-0.25, -0.2) is 0 Å². The van der Waals surface area contributed by atoms with Gasteiger partial charge >= 0.3 is 5.97 Å². The Morgan fingerprint density at radius 2 is 1.57 bits per heavy atom. The van der Waals surface area contributed by atoms with E-state index in [1.807, 2.05) is 6.92 Å². The van der Waals surface area contributed by atoms with Crippen molar-refractivity contribution in [1.29, 1.82) is 0 Å². The number of hydrogen-bond acceptors (Lipinski definition) is 5. The zero-order valence-electron chi connectivity index (χ0n) is 13.7. The number of allylic oxidation sites excluding steroid dienone is 4. The second-order valence-electron chi connectivity index (χ2n) is 6.57. The minimum atomic E-state index is -0.913. The Balaban J connectivity index is 2.10. The predicted molar refractivity (Wildman–Crippen MR) is 82.2 cm³/mol. The van der Waals surface area contributed by atoms with Crippen molar-refractivity contribution in [2.24, 2.45) is 5.41 Å². The number of hydrogen-bond donors (Lipinski definition) is 0. The highest BCUT2D eigenvalue weighted by atomic mass is 16.5. The number of ketones is 2. The average Bonchev–Trinajstić information content (AvgIpc) is 2.46. The molecule has 0 bridgehead atoms. The van der Waals surface area contributed by atoms with E-state index in [4.69, 9.17) is 9.47 Å². The van der Waals surface area contributed by atoms with Crippen molar-refractivity contribution in [2.45, 2.75) is 58.8 Å². The van der Waals surface area contributed by atoms with Crippen LogP contribution in [-0.2, 0) is 23.9 Å². The van der Waals surface area contributed by atoms with Crippen molar-refractivity contribution in [1.82, 2.24) is 0 Å². The molecule has 3 rings (SSSR count). The third kappa shape index (κ3) is 2.62. The van der Waals surface area contributed by atoms with Crippen LogP contribution in [0, 0.1) is 5.41 Å². The fourth-order valence-electron chi connectivity index (χ4n) is 4.02. The van der Waals surface area contributed by atoms with Crippen molar-refractivity contribution >= 4 is 17.5 Å². The SMILES string of the molecule is CCOC(=O)CC1(C)C2=C(CCCC2=O)OC2=C1C(=O)CCC2. The van der Waals surface area contributed by atoms with Crippen LogP contribution in [0.4, 0.5) is 0 Å². The summed E-state index contributed by atoms with van der Waals surface area (Å²) in [5, 5.41) is 0. The first-order chi connectivity index (χ1) is 11.0. The smallest absolute Gasteiger partial charge is 0.307 e. The summed E-state index contributed by atoms with van der Waals surface area (Å²) in [5.41, 5.74) is 0.126. The predicted octanol–water partition coefficient (Wildman–Crippen LogP) is 2.99. The van der Waals surface area contributed by atoms with E-state index >= 15 is 0 Å². The second kappa shape index (κ2) is 5.95. The molecule has 1 aliphatic heterocycles. The molecule has 0 unspecified atom stereocenters. The molecule has 0 saturated carbocycles. The van der Waals surface area contributed by atoms with Crippen molar-refractivity contribution in [3.05, 3.63) is 22.7 Å². The number of carbonyl (C=O) groups is 3. The summed E-state index contributed by atoms with van der Waals surface area (Å²) in [5.74, 6) is 0.904. The van der Waals surface area contributed by atoms with E-state index in [9.17, 15) is 14.4 Å². The maximum Gasteiger partial charge on any atom is 0.307 e. The lowest BCUT2D eigenvalue weighted by molar-refractivity contribution is -0.145. The fraction of sp³-hybridized carbons (Fsp3) is 0.611. The molecule has 124 valence electrons. The molecular formula is C18H22O5. The van der Waals surface area contributed by atoms with Crippen molar-refractivity contribution in [2.75, 3.05) is 6.61 Å². The molecule has 23 heavy (non-hydrogen) atoms. The van der Waals surface area contributed by atoms with Crippen LogP contribution >= 0.6 is 0 Å². The van der Waals surface area contributed by atoms with Crippen LogP contribution < -0.4 is 0 Å². The standard InChI is InChI=1S/C18H22O5/c1-3-22-15(21)10-18(2)16-11(19)6-4-8-13(16)23-14-9-5-7-12(20)17(14)18/h3-10H2,1-2H3. The number of ether oxygens (including phenoxy) is 2. The van der Waals surface area contributed by atoms with Gasteiger partial charge in [0.25, 0.3) is 0 Å². The Labute approximate surface area is 135 Å². The van der Waals surface area contributed by atoms with E-state index in [1.165, 1.54) is 0 Å². The largest absolute Gasteiger partial charge is 0.466 e. The molecule has 0 aromatic heterocycles. The first-order valence-electron chi connectivity index (χ1n) is 8.34. The summed E-state index contributed by atoms with van der Waals surface area (Å²) >= 11 is 0. The van der Waals surface area contributed by atoms with Crippen LogP contribution in [0.25, 0.3) is 0 Å². The highest BCUT2D eigenvalue weighted by Crippen LogP contribution is 2.52. The Morgan fingerprint density at radius 1 is 1.04 bits per heavy atom. The topological polar surface area (TPSA) is 69.7 Å². The minimum Gasteiger partial charge on any atom is -0.466 e. The van der Waals surface area contributed by atoms with Gasteiger partial charge in [-0.05, 0) is 19.8 Å². The molecule has 5 heteroatoms. The summed E-state index contributed by atoms with van der Waals surface area (Å²) < 4.78 is 11.0. The molecule has 3 aliphatic rings. The lowest BCUT2D eigenvalue weighted by atomic mass is 9.64. The lowest BCUT2D eigenvalue weighted by Crippen LogP contribution is -2.40. The van der Waals surface area contributed by atoms with Gasteiger partial charge in [-0.15, -0.1) is 0 Å². The summed E-state index contributed by atoms with van der Waals surface area (Å²) in [6, 6.07) is 0. The van der Waals surface area contributed by atoms with Gasteiger partial charge in [0.2, 0.25) is 0 Å². The first-order valence-corrected chi connectivity index (χ1v) is 8.34. The van der Waals surface area contributed by atoms with Gasteiger partial charge in [-0.2, -0.15) is 0 Å². The third-order valence-electron chi connectivity index (χ3n) is 4.88. The van der Waals surface area contributed by atoms with Gasteiger partial charge in [-0.3, -0.25) is 14.4 Å². The number of Topliss-reactive ketones (excluding diaryl/α,β-unsaturated/α-hetero) is 2. The van der Waals surface area contributed by atoms with E-state index in [0.717, 1.165) is 12.8 Å². The number of rotatable bonds is 3. The Bertz CT molecular complexity index is 596. The maximum absolute atomic E-state index is 12.5. The van der Waals surface area contributed by atoms with Crippen LogP contribution in [0.1, 0.15) is 58.8 Å². The molecule has 0 spiro atoms.